The van der Waals surface area contributed by atoms with E-state index in [0.717, 1.165) is 61.4 Å². The highest BCUT2D eigenvalue weighted by Gasteiger charge is 2.25. The van der Waals surface area contributed by atoms with Crippen LogP contribution in [0.2, 0.25) is 0 Å². The zero-order valence-corrected chi connectivity index (χ0v) is 24.5. The van der Waals surface area contributed by atoms with Crippen molar-refractivity contribution in [1.29, 1.82) is 0 Å². The second-order valence-corrected chi connectivity index (χ2v) is 10.8. The second kappa shape index (κ2) is 11.9. The second-order valence-electron chi connectivity index (χ2n) is 10.8. The van der Waals surface area contributed by atoms with Crippen LogP contribution in [0.25, 0.3) is 39.1 Å². The van der Waals surface area contributed by atoms with E-state index in [-0.39, 0.29) is 6.17 Å². The fourth-order valence-corrected chi connectivity index (χ4v) is 5.89. The van der Waals surface area contributed by atoms with E-state index in [1.54, 1.807) is 0 Å². The van der Waals surface area contributed by atoms with Crippen molar-refractivity contribution in [2.24, 2.45) is 9.98 Å². The summed E-state index contributed by atoms with van der Waals surface area (Å²) in [5.74, 6) is 1.51. The maximum atomic E-state index is 6.57. The van der Waals surface area contributed by atoms with Crippen LogP contribution in [0.15, 0.2) is 156 Å². The number of benzene rings is 6. The van der Waals surface area contributed by atoms with Crippen LogP contribution >= 0.6 is 0 Å². The summed E-state index contributed by atoms with van der Waals surface area (Å²) in [5, 5.41) is 6.01. The van der Waals surface area contributed by atoms with Gasteiger partial charge in [-0.2, -0.15) is 0 Å². The lowest BCUT2D eigenvalue weighted by molar-refractivity contribution is 0.681. The van der Waals surface area contributed by atoms with Gasteiger partial charge < -0.3 is 11.1 Å². The van der Waals surface area contributed by atoms with Gasteiger partial charge in [0.2, 0.25) is 0 Å². The first-order valence-electron chi connectivity index (χ1n) is 14.9. The number of aliphatic imine (C=N–C) groups is 2. The van der Waals surface area contributed by atoms with Crippen LogP contribution < -0.4 is 11.1 Å². The Balaban J connectivity index is 1.37. The van der Waals surface area contributed by atoms with Crippen molar-refractivity contribution < 1.29 is 0 Å². The molecule has 212 valence electrons. The molecule has 1 aliphatic heterocycles. The number of para-hydroxylation sites is 1. The smallest absolute Gasteiger partial charge is 0.159 e. The summed E-state index contributed by atoms with van der Waals surface area (Å²) in [7, 11) is 0. The number of nitrogens with one attached hydrogen (secondary N) is 1. The summed E-state index contributed by atoms with van der Waals surface area (Å²) >= 11 is 0. The molecule has 0 radical (unpaired) electrons. The Hall–Kier alpha value is -5.74. The molecular weight excluding hydrogens is 536 g/mol. The maximum Gasteiger partial charge on any atom is 0.159 e. The van der Waals surface area contributed by atoms with Crippen molar-refractivity contribution >= 4 is 34.2 Å². The molecule has 0 aromatic heterocycles. The summed E-state index contributed by atoms with van der Waals surface area (Å²) in [6.45, 7) is 2.00. The Morgan fingerprint density at radius 3 is 2.00 bits per heavy atom. The first-order chi connectivity index (χ1) is 21.7. The number of anilines is 1. The Bertz CT molecular complexity index is 2040. The lowest BCUT2D eigenvalue weighted by Gasteiger charge is -2.26. The van der Waals surface area contributed by atoms with Gasteiger partial charge in [0.05, 0.1) is 0 Å². The lowest BCUT2D eigenvalue weighted by Crippen LogP contribution is -2.34. The largest absolute Gasteiger partial charge is 0.398 e. The van der Waals surface area contributed by atoms with E-state index in [2.05, 4.69) is 102 Å². The van der Waals surface area contributed by atoms with Gasteiger partial charge in [0, 0.05) is 27.9 Å². The highest BCUT2D eigenvalue weighted by Crippen LogP contribution is 2.38. The molecule has 4 nitrogen and oxygen atoms in total. The Kier molecular flexibility index (Phi) is 7.31. The van der Waals surface area contributed by atoms with E-state index >= 15 is 0 Å². The van der Waals surface area contributed by atoms with E-state index in [1.807, 2.05) is 61.5 Å². The topological polar surface area (TPSA) is 62.8 Å². The van der Waals surface area contributed by atoms with Crippen molar-refractivity contribution in [2.45, 2.75) is 13.1 Å². The number of nitrogen functional groups attached to an aromatic ring is 1. The van der Waals surface area contributed by atoms with Crippen molar-refractivity contribution in [3.63, 3.8) is 0 Å². The molecule has 1 atom stereocenters. The van der Waals surface area contributed by atoms with Gasteiger partial charge in [0.1, 0.15) is 12.0 Å². The predicted octanol–water partition coefficient (Wildman–Crippen LogP) is 9.28. The molecule has 1 heterocycles. The quantitative estimate of drug-likeness (QED) is 0.197. The number of nitrogens with two attached hydrogens (primary N) is 1. The summed E-state index contributed by atoms with van der Waals surface area (Å²) in [4.78, 5) is 10.2. The van der Waals surface area contributed by atoms with Crippen molar-refractivity contribution in [3.8, 4) is 22.3 Å². The molecule has 0 saturated heterocycles. The van der Waals surface area contributed by atoms with Crippen molar-refractivity contribution in [3.05, 3.63) is 168 Å². The summed E-state index contributed by atoms with van der Waals surface area (Å²) < 4.78 is 0. The lowest BCUT2D eigenvalue weighted by atomic mass is 9.90. The van der Waals surface area contributed by atoms with E-state index in [9.17, 15) is 0 Å². The molecule has 1 aliphatic rings. The first kappa shape index (κ1) is 27.1. The van der Waals surface area contributed by atoms with E-state index in [0.29, 0.717) is 5.84 Å². The minimum absolute atomic E-state index is 0.355. The third-order valence-electron chi connectivity index (χ3n) is 8.06. The first-order valence-corrected chi connectivity index (χ1v) is 14.9. The minimum atomic E-state index is -0.355. The molecule has 0 spiro atoms. The standard InChI is InChI=1S/C40H32N4/c1-2-12-30-18-11-20-35(37(30)41)29-23-21-28(22-24-29)34-26-25-27-13-9-10-19-33(27)36(34)40-43-38(31-14-5-3-6-15-31)42-39(44-40)32-16-7-4-8-17-32/h2-26,40H,41H2,1H3,(H,42,43,44)/b12-2-. The normalized spacial score (nSPS) is 14.7. The number of fused-ring (bicyclic) bond motifs is 1. The summed E-state index contributed by atoms with van der Waals surface area (Å²) in [5.41, 5.74) is 15.8. The molecule has 44 heavy (non-hydrogen) atoms. The van der Waals surface area contributed by atoms with Crippen LogP contribution in [-0.4, -0.2) is 11.7 Å². The van der Waals surface area contributed by atoms with Crippen LogP contribution in [0.4, 0.5) is 5.69 Å². The van der Waals surface area contributed by atoms with Gasteiger partial charge in [-0.3, -0.25) is 0 Å². The zero-order valence-electron chi connectivity index (χ0n) is 24.5. The highest BCUT2D eigenvalue weighted by atomic mass is 15.2. The van der Waals surface area contributed by atoms with Gasteiger partial charge in [0.25, 0.3) is 0 Å². The van der Waals surface area contributed by atoms with E-state index in [4.69, 9.17) is 15.7 Å². The van der Waals surface area contributed by atoms with Crippen molar-refractivity contribution in [1.82, 2.24) is 5.32 Å². The van der Waals surface area contributed by atoms with Gasteiger partial charge in [-0.1, -0.05) is 152 Å². The fraction of sp³-hybridized carbons (Fsp3) is 0.0500. The molecule has 7 rings (SSSR count). The number of rotatable bonds is 6. The average molecular weight is 569 g/mol. The summed E-state index contributed by atoms with van der Waals surface area (Å²) in [6.07, 6.45) is 3.70. The third kappa shape index (κ3) is 5.18. The molecule has 1 unspecified atom stereocenters. The Morgan fingerprint density at radius 2 is 1.27 bits per heavy atom. The summed E-state index contributed by atoms with van der Waals surface area (Å²) in [6, 6.07) is 48.2. The number of allylic oxidation sites excluding steroid dienone is 1. The zero-order chi connectivity index (χ0) is 29.9. The Labute approximate surface area is 258 Å². The number of hydrogen-bond donors (Lipinski definition) is 2. The number of hydrogen-bond acceptors (Lipinski definition) is 4. The molecule has 0 saturated carbocycles. The van der Waals surface area contributed by atoms with Gasteiger partial charge in [-0.05, 0) is 39.9 Å². The SMILES string of the molecule is C/C=C\c1cccc(-c2ccc(-c3ccc4ccccc4c3C3N=C(c4ccccc4)N=C(c4ccccc4)N3)cc2)c1N. The van der Waals surface area contributed by atoms with Crippen molar-refractivity contribution in [2.75, 3.05) is 5.73 Å². The molecule has 4 heteroatoms. The van der Waals surface area contributed by atoms with Crippen LogP contribution in [0.1, 0.15) is 35.3 Å². The van der Waals surface area contributed by atoms with Crippen LogP contribution in [0, 0.1) is 0 Å². The minimum Gasteiger partial charge on any atom is -0.398 e. The number of amidine groups is 2. The van der Waals surface area contributed by atoms with Gasteiger partial charge in [0.15, 0.2) is 5.84 Å². The molecule has 6 aromatic carbocycles. The molecule has 6 aromatic rings. The maximum absolute atomic E-state index is 6.57. The van der Waals surface area contributed by atoms with E-state index < -0.39 is 0 Å². The van der Waals surface area contributed by atoms with Gasteiger partial charge in [-0.15, -0.1) is 0 Å². The van der Waals surface area contributed by atoms with E-state index in [1.165, 1.54) is 5.39 Å². The molecular formula is C40H32N4. The monoisotopic (exact) mass is 568 g/mol. The van der Waals surface area contributed by atoms with Crippen LogP contribution in [0.5, 0.6) is 0 Å². The Morgan fingerprint density at radius 1 is 0.614 bits per heavy atom. The van der Waals surface area contributed by atoms with Crippen LogP contribution in [0.3, 0.4) is 0 Å². The number of nitrogens with zero attached hydrogens (tertiary/aromatic N) is 2. The van der Waals surface area contributed by atoms with Gasteiger partial charge in [-0.25, -0.2) is 9.98 Å². The van der Waals surface area contributed by atoms with Crippen LogP contribution in [-0.2, 0) is 0 Å². The van der Waals surface area contributed by atoms with Gasteiger partial charge >= 0.3 is 0 Å². The average Bonchev–Trinajstić information content (AvgIpc) is 3.09. The third-order valence-corrected chi connectivity index (χ3v) is 8.06. The molecule has 0 aliphatic carbocycles. The molecule has 0 fully saturated rings. The molecule has 0 amide bonds. The molecule has 3 N–H and O–H groups in total. The molecule has 0 bridgehead atoms. The fourth-order valence-electron chi connectivity index (χ4n) is 5.89. The predicted molar refractivity (Wildman–Crippen MR) is 186 cm³/mol. The highest BCUT2D eigenvalue weighted by molar-refractivity contribution is 6.13.